The summed E-state index contributed by atoms with van der Waals surface area (Å²) < 4.78 is 19.3. The number of benzene rings is 4. The molecular weight excluding hydrogens is 660 g/mol. The second-order valence-corrected chi connectivity index (χ2v) is 11.2. The Hall–Kier alpha value is -4.06. The molecule has 0 aliphatic rings. The molecule has 4 aromatic carbocycles. The van der Waals surface area contributed by atoms with Gasteiger partial charge in [-0.25, -0.2) is 0 Å². The molecule has 0 aliphatic heterocycles. The number of nitrogens with zero attached hydrogens (tertiary/aromatic N) is 1. The second kappa shape index (κ2) is 14.7. The molecule has 0 spiro atoms. The van der Waals surface area contributed by atoms with Crippen molar-refractivity contribution in [1.29, 1.82) is 5.26 Å². The predicted molar refractivity (Wildman–Crippen MR) is 173 cm³/mol. The molecule has 0 aliphatic carbocycles. The maximum absolute atomic E-state index is 12.8. The molecule has 0 unspecified atom stereocenters. The first-order valence-corrected chi connectivity index (χ1v) is 14.9. The highest BCUT2D eigenvalue weighted by atomic mass is 79.9. The van der Waals surface area contributed by atoms with E-state index in [1.54, 1.807) is 18.2 Å². The Labute approximate surface area is 263 Å². The van der Waals surface area contributed by atoms with Gasteiger partial charge in [0, 0.05) is 5.69 Å². The van der Waals surface area contributed by atoms with E-state index in [1.807, 2.05) is 93.6 Å². The number of hydrogen-bond acceptors (Lipinski definition) is 5. The fourth-order valence-electron chi connectivity index (χ4n) is 4.18. The minimum absolute atomic E-state index is 0.0135. The van der Waals surface area contributed by atoms with Crippen LogP contribution in [0.1, 0.15) is 34.7 Å². The molecule has 6 nitrogen and oxygen atoms in total. The highest BCUT2D eigenvalue weighted by Gasteiger charge is 2.14. The number of nitrogens with one attached hydrogen (secondary N) is 1. The van der Waals surface area contributed by atoms with Crippen LogP contribution in [0, 0.1) is 25.2 Å². The summed E-state index contributed by atoms with van der Waals surface area (Å²) in [6.07, 6.45) is 1.54. The van der Waals surface area contributed by atoms with Crippen LogP contribution in [0.2, 0.25) is 0 Å². The number of aryl methyl sites for hydroxylation is 2. The Morgan fingerprint density at radius 3 is 2.24 bits per heavy atom. The van der Waals surface area contributed by atoms with E-state index in [0.717, 1.165) is 22.3 Å². The minimum atomic E-state index is -0.474. The molecule has 0 saturated carbocycles. The largest absolute Gasteiger partial charge is 0.490 e. The molecule has 1 N–H and O–H groups in total. The van der Waals surface area contributed by atoms with Gasteiger partial charge in [0.2, 0.25) is 0 Å². The van der Waals surface area contributed by atoms with Gasteiger partial charge in [0.1, 0.15) is 30.6 Å². The third kappa shape index (κ3) is 8.25. The van der Waals surface area contributed by atoms with Gasteiger partial charge in [0.15, 0.2) is 11.5 Å². The van der Waals surface area contributed by atoms with Gasteiger partial charge in [-0.2, -0.15) is 5.26 Å². The summed E-state index contributed by atoms with van der Waals surface area (Å²) in [5.74, 6) is 1.43. The van der Waals surface area contributed by atoms with Gasteiger partial charge >= 0.3 is 0 Å². The van der Waals surface area contributed by atoms with Gasteiger partial charge < -0.3 is 19.5 Å². The summed E-state index contributed by atoms with van der Waals surface area (Å²) in [5.41, 5.74) is 5.31. The van der Waals surface area contributed by atoms with E-state index in [1.165, 1.54) is 0 Å². The molecule has 4 rings (SSSR count). The SMILES string of the molecule is CCOc1cc(COc2c(Br)cc(/C=C(\C#N)C(=O)Nc3ccc(C)cc3C)cc2Br)ccc1OCc1ccccc1. The summed E-state index contributed by atoms with van der Waals surface area (Å²) >= 11 is 7.14. The standard InChI is InChI=1S/C34H30Br2N2O4/c1-4-40-32-18-25(11-13-31(32)41-20-24-8-6-5-7-9-24)21-42-33-28(35)16-26(17-29(33)36)15-27(19-37)34(39)38-30-12-10-22(2)14-23(30)3/h5-18H,4,20-21H2,1-3H3,(H,38,39)/b27-15+. The molecule has 0 atom stereocenters. The van der Waals surface area contributed by atoms with Crippen molar-refractivity contribution in [3.63, 3.8) is 0 Å². The number of halogens is 2. The molecule has 1 amide bonds. The number of amides is 1. The first-order chi connectivity index (χ1) is 20.3. The monoisotopic (exact) mass is 688 g/mol. The molecule has 42 heavy (non-hydrogen) atoms. The Balaban J connectivity index is 1.45. The van der Waals surface area contributed by atoms with Crippen molar-refractivity contribution in [1.82, 2.24) is 0 Å². The van der Waals surface area contributed by atoms with Crippen LogP contribution >= 0.6 is 31.9 Å². The van der Waals surface area contributed by atoms with Gasteiger partial charge in [-0.1, -0.05) is 54.1 Å². The quantitative estimate of drug-likeness (QED) is 0.126. The minimum Gasteiger partial charge on any atom is -0.490 e. The third-order valence-corrected chi connectivity index (χ3v) is 7.43. The molecule has 0 bridgehead atoms. The smallest absolute Gasteiger partial charge is 0.266 e. The zero-order chi connectivity index (χ0) is 30.1. The molecule has 4 aromatic rings. The predicted octanol–water partition coefficient (Wildman–Crippen LogP) is 8.93. The maximum Gasteiger partial charge on any atom is 0.266 e. The zero-order valence-corrected chi connectivity index (χ0v) is 26.7. The second-order valence-electron chi connectivity index (χ2n) is 9.53. The lowest BCUT2D eigenvalue weighted by Gasteiger charge is -2.15. The van der Waals surface area contributed by atoms with E-state index in [4.69, 9.17) is 14.2 Å². The maximum atomic E-state index is 12.8. The molecular formula is C34H30Br2N2O4. The summed E-state index contributed by atoms with van der Waals surface area (Å²) in [7, 11) is 0. The highest BCUT2D eigenvalue weighted by Crippen LogP contribution is 2.37. The molecule has 214 valence electrons. The van der Waals surface area contributed by atoms with E-state index in [2.05, 4.69) is 37.2 Å². The van der Waals surface area contributed by atoms with Gasteiger partial charge in [-0.15, -0.1) is 0 Å². The molecule has 0 saturated heterocycles. The Bertz CT molecular complexity index is 1620. The summed E-state index contributed by atoms with van der Waals surface area (Å²) in [5, 5.41) is 12.5. The van der Waals surface area contributed by atoms with Crippen LogP contribution in [0.5, 0.6) is 17.2 Å². The molecule has 0 fully saturated rings. The van der Waals surface area contributed by atoms with Crippen molar-refractivity contribution >= 4 is 49.5 Å². The van der Waals surface area contributed by atoms with Gasteiger partial charge in [-0.05, 0) is 111 Å². The van der Waals surface area contributed by atoms with E-state index in [0.29, 0.717) is 50.7 Å². The van der Waals surface area contributed by atoms with Crippen molar-refractivity contribution in [3.8, 4) is 23.3 Å². The van der Waals surface area contributed by atoms with Crippen LogP contribution in [0.4, 0.5) is 5.69 Å². The number of nitriles is 1. The van der Waals surface area contributed by atoms with E-state index in [-0.39, 0.29) is 12.2 Å². The van der Waals surface area contributed by atoms with Crippen molar-refractivity contribution in [3.05, 3.63) is 121 Å². The zero-order valence-electron chi connectivity index (χ0n) is 23.5. The van der Waals surface area contributed by atoms with Gasteiger partial charge in [0.05, 0.1) is 15.6 Å². The van der Waals surface area contributed by atoms with Gasteiger partial charge in [0.25, 0.3) is 5.91 Å². The van der Waals surface area contributed by atoms with Gasteiger partial charge in [-0.3, -0.25) is 4.79 Å². The number of rotatable bonds is 11. The van der Waals surface area contributed by atoms with Crippen molar-refractivity contribution in [2.45, 2.75) is 34.0 Å². The average Bonchev–Trinajstić information content (AvgIpc) is 2.97. The Kier molecular flexibility index (Phi) is 10.8. The fourth-order valence-corrected chi connectivity index (χ4v) is 5.63. The molecule has 8 heteroatoms. The Morgan fingerprint density at radius 1 is 0.857 bits per heavy atom. The number of carbonyl (C=O) groups excluding carboxylic acids is 1. The van der Waals surface area contributed by atoms with Crippen LogP contribution in [-0.2, 0) is 18.0 Å². The number of hydrogen-bond donors (Lipinski definition) is 1. The van der Waals surface area contributed by atoms with E-state index >= 15 is 0 Å². The molecule has 0 heterocycles. The fraction of sp³-hybridized carbons (Fsp3) is 0.176. The number of carbonyl (C=O) groups is 1. The topological polar surface area (TPSA) is 80.6 Å². The van der Waals surface area contributed by atoms with Crippen molar-refractivity contribution in [2.75, 3.05) is 11.9 Å². The lowest BCUT2D eigenvalue weighted by molar-refractivity contribution is -0.112. The summed E-state index contributed by atoms with van der Waals surface area (Å²) in [6.45, 7) is 7.06. The first-order valence-electron chi connectivity index (χ1n) is 13.3. The summed E-state index contributed by atoms with van der Waals surface area (Å²) in [4.78, 5) is 12.8. The van der Waals surface area contributed by atoms with Crippen LogP contribution < -0.4 is 19.5 Å². The van der Waals surface area contributed by atoms with Crippen molar-refractivity contribution in [2.24, 2.45) is 0 Å². The van der Waals surface area contributed by atoms with Crippen molar-refractivity contribution < 1.29 is 19.0 Å². The first kappa shape index (κ1) is 30.9. The average molecular weight is 690 g/mol. The van der Waals surface area contributed by atoms with Crippen LogP contribution in [0.25, 0.3) is 6.08 Å². The normalized spacial score (nSPS) is 11.0. The highest BCUT2D eigenvalue weighted by molar-refractivity contribution is 9.11. The lowest BCUT2D eigenvalue weighted by atomic mass is 10.1. The molecule has 0 radical (unpaired) electrons. The van der Waals surface area contributed by atoms with E-state index in [9.17, 15) is 10.1 Å². The van der Waals surface area contributed by atoms with Crippen LogP contribution in [0.15, 0.2) is 93.4 Å². The number of ether oxygens (including phenoxy) is 3. The number of anilines is 1. The molecule has 0 aromatic heterocycles. The lowest BCUT2D eigenvalue weighted by Crippen LogP contribution is -2.14. The van der Waals surface area contributed by atoms with Crippen LogP contribution in [0.3, 0.4) is 0 Å². The van der Waals surface area contributed by atoms with Crippen LogP contribution in [-0.4, -0.2) is 12.5 Å². The third-order valence-electron chi connectivity index (χ3n) is 6.26. The Morgan fingerprint density at radius 2 is 1.57 bits per heavy atom. The summed E-state index contributed by atoms with van der Waals surface area (Å²) in [6, 6.07) is 27.0. The van der Waals surface area contributed by atoms with E-state index < -0.39 is 5.91 Å².